The van der Waals surface area contributed by atoms with E-state index in [2.05, 4.69) is 15.7 Å². The number of alkyl halides is 1. The Balaban J connectivity index is 1.87. The molecule has 0 radical (unpaired) electrons. The number of benzene rings is 2. The number of carbonyl (C=O) groups is 1. The van der Waals surface area contributed by atoms with Gasteiger partial charge in [0.15, 0.2) is 0 Å². The molecule has 2 aromatic carbocycles. The van der Waals surface area contributed by atoms with Gasteiger partial charge >= 0.3 is 0 Å². The molecule has 0 saturated carbocycles. The Morgan fingerprint density at radius 1 is 1.12 bits per heavy atom. The molecule has 1 amide bonds. The largest absolute Gasteiger partial charge is 0.384 e. The van der Waals surface area contributed by atoms with Crippen molar-refractivity contribution < 1.29 is 13.6 Å². The van der Waals surface area contributed by atoms with Crippen molar-refractivity contribution in [2.24, 2.45) is 0 Å². The predicted octanol–water partition coefficient (Wildman–Crippen LogP) is 6.25. The first-order chi connectivity index (χ1) is 16.2. The van der Waals surface area contributed by atoms with E-state index < -0.39 is 5.54 Å². The number of amides is 1. The SMILES string of the molecule is CC(C)(C)n1ncc(C(=O)Nc2ccc(C=N)c(NCCCCCF)c2)c1-c1ccc(F)cc1. The zero-order valence-corrected chi connectivity index (χ0v) is 19.8. The molecule has 0 fully saturated rings. The monoisotopic (exact) mass is 467 g/mol. The minimum atomic E-state index is -0.396. The highest BCUT2D eigenvalue weighted by atomic mass is 19.1. The Morgan fingerprint density at radius 3 is 2.50 bits per heavy atom. The van der Waals surface area contributed by atoms with Crippen molar-refractivity contribution in [1.82, 2.24) is 9.78 Å². The lowest BCUT2D eigenvalue weighted by Crippen LogP contribution is -2.24. The van der Waals surface area contributed by atoms with Crippen molar-refractivity contribution in [3.63, 3.8) is 0 Å². The van der Waals surface area contributed by atoms with Gasteiger partial charge in [0.2, 0.25) is 0 Å². The second-order valence-electron chi connectivity index (χ2n) is 9.07. The number of aromatic nitrogens is 2. The topological polar surface area (TPSA) is 82.8 Å². The molecule has 0 spiro atoms. The second kappa shape index (κ2) is 11.0. The van der Waals surface area contributed by atoms with E-state index >= 15 is 0 Å². The van der Waals surface area contributed by atoms with Crippen molar-refractivity contribution >= 4 is 23.5 Å². The summed E-state index contributed by atoms with van der Waals surface area (Å²) in [5.74, 6) is -0.695. The Labute approximate surface area is 198 Å². The molecule has 0 aliphatic rings. The van der Waals surface area contributed by atoms with Gasteiger partial charge in [-0.2, -0.15) is 5.10 Å². The lowest BCUT2D eigenvalue weighted by atomic mass is 10.0. The zero-order chi connectivity index (χ0) is 24.7. The van der Waals surface area contributed by atoms with E-state index in [0.29, 0.717) is 41.0 Å². The van der Waals surface area contributed by atoms with Gasteiger partial charge < -0.3 is 16.0 Å². The number of carbonyl (C=O) groups excluding carboxylic acids is 1. The van der Waals surface area contributed by atoms with E-state index in [4.69, 9.17) is 5.41 Å². The molecule has 0 aliphatic carbocycles. The molecule has 0 saturated heterocycles. The molecule has 0 atom stereocenters. The summed E-state index contributed by atoms with van der Waals surface area (Å²) < 4.78 is 27.6. The van der Waals surface area contributed by atoms with Crippen LogP contribution in [0.1, 0.15) is 56.0 Å². The summed E-state index contributed by atoms with van der Waals surface area (Å²) in [5, 5.41) is 18.3. The van der Waals surface area contributed by atoms with Crippen LogP contribution in [-0.2, 0) is 5.54 Å². The van der Waals surface area contributed by atoms with E-state index in [9.17, 15) is 13.6 Å². The molecule has 3 aromatic rings. The summed E-state index contributed by atoms with van der Waals surface area (Å²) in [6.07, 6.45) is 4.90. The fraction of sp³-hybridized carbons (Fsp3) is 0.346. The minimum Gasteiger partial charge on any atom is -0.384 e. The van der Waals surface area contributed by atoms with Crippen LogP contribution in [0.25, 0.3) is 11.3 Å². The highest BCUT2D eigenvalue weighted by Gasteiger charge is 2.25. The summed E-state index contributed by atoms with van der Waals surface area (Å²) in [4.78, 5) is 13.3. The van der Waals surface area contributed by atoms with Gasteiger partial charge in [-0.1, -0.05) is 0 Å². The van der Waals surface area contributed by atoms with E-state index in [-0.39, 0.29) is 18.4 Å². The van der Waals surface area contributed by atoms with Crippen LogP contribution in [0.5, 0.6) is 0 Å². The van der Waals surface area contributed by atoms with Gasteiger partial charge in [0.05, 0.1) is 29.7 Å². The highest BCUT2D eigenvalue weighted by molar-refractivity contribution is 6.08. The van der Waals surface area contributed by atoms with Crippen LogP contribution in [-0.4, -0.2) is 35.1 Å². The van der Waals surface area contributed by atoms with Crippen molar-refractivity contribution in [2.75, 3.05) is 23.9 Å². The molecule has 8 heteroatoms. The molecule has 6 nitrogen and oxygen atoms in total. The van der Waals surface area contributed by atoms with Crippen LogP contribution < -0.4 is 10.6 Å². The van der Waals surface area contributed by atoms with Crippen LogP contribution in [0.15, 0.2) is 48.7 Å². The van der Waals surface area contributed by atoms with Crippen molar-refractivity contribution in [2.45, 2.75) is 45.6 Å². The van der Waals surface area contributed by atoms with E-state index in [1.54, 1.807) is 35.0 Å². The maximum Gasteiger partial charge on any atom is 0.259 e. The molecule has 34 heavy (non-hydrogen) atoms. The van der Waals surface area contributed by atoms with Crippen LogP contribution in [0.2, 0.25) is 0 Å². The maximum absolute atomic E-state index is 13.5. The molecular weight excluding hydrogens is 436 g/mol. The lowest BCUT2D eigenvalue weighted by Gasteiger charge is -2.23. The van der Waals surface area contributed by atoms with Gasteiger partial charge in [-0.3, -0.25) is 13.9 Å². The van der Waals surface area contributed by atoms with Gasteiger partial charge in [0, 0.05) is 35.3 Å². The number of nitrogens with zero attached hydrogens (tertiary/aromatic N) is 2. The molecule has 1 heterocycles. The Bertz CT molecular complexity index is 1130. The first-order valence-corrected chi connectivity index (χ1v) is 11.3. The summed E-state index contributed by atoms with van der Waals surface area (Å²) in [6.45, 7) is 6.27. The van der Waals surface area contributed by atoms with E-state index in [1.807, 2.05) is 20.8 Å². The van der Waals surface area contributed by atoms with Crippen molar-refractivity contribution in [3.05, 3.63) is 65.6 Å². The predicted molar refractivity (Wildman–Crippen MR) is 133 cm³/mol. The number of unbranched alkanes of at least 4 members (excludes halogenated alkanes) is 2. The lowest BCUT2D eigenvalue weighted by molar-refractivity contribution is 0.102. The second-order valence-corrected chi connectivity index (χ2v) is 9.07. The van der Waals surface area contributed by atoms with Gasteiger partial charge in [-0.15, -0.1) is 0 Å². The summed E-state index contributed by atoms with van der Waals surface area (Å²) in [6, 6.07) is 11.3. The smallest absolute Gasteiger partial charge is 0.259 e. The van der Waals surface area contributed by atoms with Crippen molar-refractivity contribution in [1.29, 1.82) is 5.41 Å². The highest BCUT2D eigenvalue weighted by Crippen LogP contribution is 2.30. The number of halogens is 2. The third-order valence-electron chi connectivity index (χ3n) is 5.36. The Morgan fingerprint density at radius 2 is 1.85 bits per heavy atom. The molecule has 1 aromatic heterocycles. The normalized spacial score (nSPS) is 11.3. The number of hydrogen-bond donors (Lipinski definition) is 3. The molecule has 3 rings (SSSR count). The molecule has 0 unspecified atom stereocenters. The van der Waals surface area contributed by atoms with E-state index in [0.717, 1.165) is 18.5 Å². The quantitative estimate of drug-likeness (QED) is 0.244. The van der Waals surface area contributed by atoms with Gasteiger partial charge in [0.25, 0.3) is 5.91 Å². The van der Waals surface area contributed by atoms with Crippen LogP contribution >= 0.6 is 0 Å². The Kier molecular flexibility index (Phi) is 8.15. The molecule has 0 aliphatic heterocycles. The number of nitrogens with one attached hydrogen (secondary N) is 3. The average molecular weight is 468 g/mol. The van der Waals surface area contributed by atoms with Gasteiger partial charge in [-0.05, 0) is 82.5 Å². The fourth-order valence-electron chi connectivity index (χ4n) is 3.64. The first kappa shape index (κ1) is 25.1. The van der Waals surface area contributed by atoms with Gasteiger partial charge in [0.1, 0.15) is 5.82 Å². The molecular formula is C26H31F2N5O. The van der Waals surface area contributed by atoms with Crippen LogP contribution in [0.4, 0.5) is 20.2 Å². The number of hydrogen-bond acceptors (Lipinski definition) is 4. The average Bonchev–Trinajstić information content (AvgIpc) is 3.26. The van der Waals surface area contributed by atoms with Crippen LogP contribution in [0, 0.1) is 11.2 Å². The third kappa shape index (κ3) is 6.07. The number of anilines is 2. The Hall–Kier alpha value is -3.55. The number of rotatable bonds is 10. The van der Waals surface area contributed by atoms with Crippen molar-refractivity contribution in [3.8, 4) is 11.3 Å². The van der Waals surface area contributed by atoms with E-state index in [1.165, 1.54) is 24.5 Å². The first-order valence-electron chi connectivity index (χ1n) is 11.3. The summed E-state index contributed by atoms with van der Waals surface area (Å²) >= 11 is 0. The molecule has 0 bridgehead atoms. The molecule has 180 valence electrons. The fourth-order valence-corrected chi connectivity index (χ4v) is 3.64. The van der Waals surface area contributed by atoms with Crippen LogP contribution in [0.3, 0.4) is 0 Å². The zero-order valence-electron chi connectivity index (χ0n) is 19.8. The van der Waals surface area contributed by atoms with Gasteiger partial charge in [-0.25, -0.2) is 4.39 Å². The third-order valence-corrected chi connectivity index (χ3v) is 5.36. The summed E-state index contributed by atoms with van der Waals surface area (Å²) in [5.41, 5.74) is 3.25. The summed E-state index contributed by atoms with van der Waals surface area (Å²) in [7, 11) is 0. The minimum absolute atomic E-state index is 0.320. The maximum atomic E-state index is 13.5. The standard InChI is InChI=1S/C26H31F2N5O/c1-26(2,3)33-24(18-7-10-20(28)11-8-18)22(17-31-33)25(34)32-21-12-9-19(16-29)23(15-21)30-14-6-4-5-13-27/h7-12,15-17,29-30H,4-6,13-14H2,1-3H3,(H,32,34). The molecule has 3 N–H and O–H groups in total.